The second kappa shape index (κ2) is 7.61. The van der Waals surface area contributed by atoms with Crippen LogP contribution in [0.3, 0.4) is 0 Å². The van der Waals surface area contributed by atoms with Crippen molar-refractivity contribution in [2.75, 3.05) is 11.1 Å². The Morgan fingerprint density at radius 2 is 1.77 bits per heavy atom. The van der Waals surface area contributed by atoms with E-state index in [-0.39, 0.29) is 18.3 Å². The monoisotopic (exact) mass is 401 g/mol. The first-order chi connectivity index (χ1) is 14.3. The topological polar surface area (TPSA) is 106 Å². The molecule has 2 aromatic heterocycles. The number of nitrogens with zero attached hydrogens (tertiary/aromatic N) is 3. The maximum atomic E-state index is 12.4. The van der Waals surface area contributed by atoms with Gasteiger partial charge in [-0.25, -0.2) is 4.52 Å². The van der Waals surface area contributed by atoms with E-state index in [4.69, 9.17) is 5.73 Å². The predicted molar refractivity (Wildman–Crippen MR) is 117 cm³/mol. The molecule has 152 valence electrons. The van der Waals surface area contributed by atoms with Crippen LogP contribution in [0.2, 0.25) is 0 Å². The summed E-state index contributed by atoms with van der Waals surface area (Å²) in [4.78, 5) is 16.6. The van der Waals surface area contributed by atoms with E-state index in [9.17, 15) is 9.90 Å². The molecule has 0 aliphatic carbocycles. The minimum atomic E-state index is -0.907. The highest BCUT2D eigenvalue weighted by Crippen LogP contribution is 2.23. The Balaban J connectivity index is 1.41. The summed E-state index contributed by atoms with van der Waals surface area (Å²) in [5, 5.41) is 17.0. The van der Waals surface area contributed by atoms with Crippen LogP contribution in [-0.4, -0.2) is 25.6 Å². The lowest BCUT2D eigenvalue weighted by atomic mass is 9.98. The maximum absolute atomic E-state index is 12.4. The standard InChI is InChI=1S/C23H23N5O2/c1-23(2,30)18-7-9-19(10-8-18)25-21(29)13-15-3-5-16(6-4-15)17-11-12-28-20(14-17)26-22(24)27-28/h3-12,14,30H,13H2,1-2H3,(H2,24,27)(H,25,29). The van der Waals surface area contributed by atoms with Crippen LogP contribution >= 0.6 is 0 Å². The van der Waals surface area contributed by atoms with Crippen LogP contribution in [0.5, 0.6) is 0 Å². The zero-order valence-corrected chi connectivity index (χ0v) is 16.8. The van der Waals surface area contributed by atoms with E-state index in [1.807, 2.05) is 54.7 Å². The number of hydrogen-bond donors (Lipinski definition) is 3. The summed E-state index contributed by atoms with van der Waals surface area (Å²) in [7, 11) is 0. The molecule has 0 unspecified atom stereocenters. The summed E-state index contributed by atoms with van der Waals surface area (Å²) in [6.45, 7) is 3.45. The van der Waals surface area contributed by atoms with Gasteiger partial charge in [0.25, 0.3) is 0 Å². The van der Waals surface area contributed by atoms with E-state index in [0.29, 0.717) is 11.3 Å². The van der Waals surface area contributed by atoms with Gasteiger partial charge in [-0.3, -0.25) is 4.79 Å². The van der Waals surface area contributed by atoms with Crippen LogP contribution in [0.1, 0.15) is 25.0 Å². The maximum Gasteiger partial charge on any atom is 0.240 e. The van der Waals surface area contributed by atoms with Crippen molar-refractivity contribution in [3.05, 3.63) is 78.0 Å². The fourth-order valence-electron chi connectivity index (χ4n) is 3.25. The first-order valence-corrected chi connectivity index (χ1v) is 9.62. The summed E-state index contributed by atoms with van der Waals surface area (Å²) < 4.78 is 1.63. The van der Waals surface area contributed by atoms with Crippen molar-refractivity contribution >= 4 is 23.2 Å². The van der Waals surface area contributed by atoms with Gasteiger partial charge in [0.15, 0.2) is 5.65 Å². The number of hydrogen-bond acceptors (Lipinski definition) is 5. The lowest BCUT2D eigenvalue weighted by Crippen LogP contribution is -2.16. The molecular weight excluding hydrogens is 378 g/mol. The van der Waals surface area contributed by atoms with Crippen LogP contribution in [-0.2, 0) is 16.8 Å². The number of carbonyl (C=O) groups is 1. The molecule has 0 aliphatic heterocycles. The number of amides is 1. The molecule has 4 rings (SSSR count). The number of rotatable bonds is 5. The van der Waals surface area contributed by atoms with Crippen molar-refractivity contribution in [2.24, 2.45) is 0 Å². The molecule has 0 saturated carbocycles. The molecule has 0 saturated heterocycles. The lowest BCUT2D eigenvalue weighted by molar-refractivity contribution is -0.115. The molecule has 0 bridgehead atoms. The first kappa shape index (κ1) is 19.6. The zero-order valence-electron chi connectivity index (χ0n) is 16.8. The Bertz CT molecular complexity index is 1190. The summed E-state index contributed by atoms with van der Waals surface area (Å²) in [5.74, 6) is 0.141. The number of nitrogens with two attached hydrogens (primary N) is 1. The molecule has 7 heteroatoms. The van der Waals surface area contributed by atoms with Gasteiger partial charge in [-0.2, -0.15) is 4.98 Å². The Labute approximate surface area is 174 Å². The van der Waals surface area contributed by atoms with Crippen LogP contribution in [0.25, 0.3) is 16.8 Å². The van der Waals surface area contributed by atoms with E-state index in [2.05, 4.69) is 15.4 Å². The van der Waals surface area contributed by atoms with Crippen molar-refractivity contribution in [3.63, 3.8) is 0 Å². The van der Waals surface area contributed by atoms with Crippen LogP contribution in [0.4, 0.5) is 11.6 Å². The Morgan fingerprint density at radius 3 is 2.43 bits per heavy atom. The van der Waals surface area contributed by atoms with Gasteiger partial charge >= 0.3 is 0 Å². The SMILES string of the molecule is CC(C)(O)c1ccc(NC(=O)Cc2ccc(-c3ccn4nc(N)nc4c3)cc2)cc1. The van der Waals surface area contributed by atoms with Gasteiger partial charge in [-0.05, 0) is 60.4 Å². The third-order valence-electron chi connectivity index (χ3n) is 4.88. The van der Waals surface area contributed by atoms with E-state index >= 15 is 0 Å². The Morgan fingerprint density at radius 1 is 1.07 bits per heavy atom. The number of carbonyl (C=O) groups excluding carboxylic acids is 1. The largest absolute Gasteiger partial charge is 0.386 e. The third kappa shape index (κ3) is 4.31. The number of aromatic nitrogens is 3. The molecule has 1 amide bonds. The van der Waals surface area contributed by atoms with Crippen molar-refractivity contribution in [1.29, 1.82) is 0 Å². The minimum absolute atomic E-state index is 0.0980. The molecule has 2 heterocycles. The average molecular weight is 401 g/mol. The van der Waals surface area contributed by atoms with Crippen molar-refractivity contribution in [1.82, 2.24) is 14.6 Å². The van der Waals surface area contributed by atoms with Gasteiger partial charge in [0, 0.05) is 11.9 Å². The molecule has 0 fully saturated rings. The second-order valence-electron chi connectivity index (χ2n) is 7.75. The molecule has 0 spiro atoms. The summed E-state index contributed by atoms with van der Waals surface area (Å²) in [5.41, 5.74) is 9.84. The quantitative estimate of drug-likeness (QED) is 0.475. The lowest BCUT2D eigenvalue weighted by Gasteiger charge is -2.18. The van der Waals surface area contributed by atoms with E-state index in [0.717, 1.165) is 22.3 Å². The minimum Gasteiger partial charge on any atom is -0.386 e. The molecule has 2 aromatic carbocycles. The summed E-state index contributed by atoms with van der Waals surface area (Å²) >= 11 is 0. The molecule has 0 aliphatic rings. The molecule has 4 N–H and O–H groups in total. The van der Waals surface area contributed by atoms with Crippen LogP contribution in [0, 0.1) is 0 Å². The number of fused-ring (bicyclic) bond motifs is 1. The third-order valence-corrected chi connectivity index (χ3v) is 4.88. The Kier molecular flexibility index (Phi) is 4.97. The van der Waals surface area contributed by atoms with Gasteiger partial charge < -0.3 is 16.2 Å². The van der Waals surface area contributed by atoms with Crippen LogP contribution < -0.4 is 11.1 Å². The Hall–Kier alpha value is -3.71. The number of pyridine rings is 1. The fraction of sp³-hybridized carbons (Fsp3) is 0.174. The van der Waals surface area contributed by atoms with E-state index in [1.165, 1.54) is 0 Å². The van der Waals surface area contributed by atoms with Crippen LogP contribution in [0.15, 0.2) is 66.9 Å². The second-order valence-corrected chi connectivity index (χ2v) is 7.75. The van der Waals surface area contributed by atoms with Gasteiger partial charge in [0.05, 0.1) is 12.0 Å². The molecule has 0 radical (unpaired) electrons. The predicted octanol–water partition coefficient (Wildman–Crippen LogP) is 3.39. The first-order valence-electron chi connectivity index (χ1n) is 9.62. The number of anilines is 2. The molecule has 30 heavy (non-hydrogen) atoms. The molecule has 7 nitrogen and oxygen atoms in total. The highest BCUT2D eigenvalue weighted by Gasteiger charge is 2.15. The van der Waals surface area contributed by atoms with Gasteiger partial charge in [0.1, 0.15) is 0 Å². The zero-order chi connectivity index (χ0) is 21.3. The number of nitrogen functional groups attached to an aromatic ring is 1. The highest BCUT2D eigenvalue weighted by molar-refractivity contribution is 5.92. The summed E-state index contributed by atoms with van der Waals surface area (Å²) in [6.07, 6.45) is 2.09. The van der Waals surface area contributed by atoms with Gasteiger partial charge in [-0.1, -0.05) is 36.4 Å². The molecule has 0 atom stereocenters. The van der Waals surface area contributed by atoms with E-state index < -0.39 is 5.60 Å². The van der Waals surface area contributed by atoms with Gasteiger partial charge in [-0.15, -0.1) is 5.10 Å². The molecular formula is C23H23N5O2. The summed E-state index contributed by atoms with van der Waals surface area (Å²) in [6, 6.07) is 18.9. The van der Waals surface area contributed by atoms with Gasteiger partial charge in [0.2, 0.25) is 11.9 Å². The van der Waals surface area contributed by atoms with Crippen molar-refractivity contribution in [3.8, 4) is 11.1 Å². The average Bonchev–Trinajstić information content (AvgIpc) is 3.07. The highest BCUT2D eigenvalue weighted by atomic mass is 16.3. The smallest absolute Gasteiger partial charge is 0.240 e. The fourth-order valence-corrected chi connectivity index (χ4v) is 3.25. The molecule has 4 aromatic rings. The van der Waals surface area contributed by atoms with Crippen molar-refractivity contribution in [2.45, 2.75) is 25.9 Å². The van der Waals surface area contributed by atoms with Crippen molar-refractivity contribution < 1.29 is 9.90 Å². The van der Waals surface area contributed by atoms with E-state index in [1.54, 1.807) is 30.5 Å². The normalized spacial score (nSPS) is 11.6. The number of nitrogens with one attached hydrogen (secondary N) is 1. The number of benzene rings is 2. The number of aliphatic hydroxyl groups is 1.